The van der Waals surface area contributed by atoms with Crippen molar-refractivity contribution in [3.63, 3.8) is 0 Å². The van der Waals surface area contributed by atoms with E-state index in [1.54, 1.807) is 32.9 Å². The number of carbonyl (C=O) groups excluding carboxylic acids is 1. The molecule has 0 N–H and O–H groups in total. The smallest absolute Gasteiger partial charge is 0.344 e. The number of hydrogen-bond acceptors (Lipinski definition) is 9. The Hall–Kier alpha value is -3.80. The lowest BCUT2D eigenvalue weighted by Gasteiger charge is -2.15. The number of halogens is 1. The number of nitrogens with zero attached hydrogens (tertiary/aromatic N) is 4. The molecule has 0 spiro atoms. The molecule has 0 aliphatic rings. The van der Waals surface area contributed by atoms with Crippen LogP contribution in [-0.2, 0) is 9.53 Å². The molecule has 0 amide bonds. The first-order chi connectivity index (χ1) is 18.0. The highest BCUT2D eigenvalue weighted by molar-refractivity contribution is 9.10. The number of esters is 1. The molecular weight excluding hydrogens is 560 g/mol. The zero-order valence-electron chi connectivity index (χ0n) is 21.8. The predicted molar refractivity (Wildman–Crippen MR) is 146 cm³/mol. The number of aromatic nitrogens is 2. The second-order valence-corrected chi connectivity index (χ2v) is 9.60. The van der Waals surface area contributed by atoms with Crippen molar-refractivity contribution in [1.82, 2.24) is 9.66 Å². The van der Waals surface area contributed by atoms with E-state index < -0.39 is 23.2 Å². The zero-order chi connectivity index (χ0) is 28.0. The minimum atomic E-state index is -0.672. The Kier molecular flexibility index (Phi) is 9.56. The lowest BCUT2D eigenvalue weighted by atomic mass is 10.1. The van der Waals surface area contributed by atoms with E-state index in [0.29, 0.717) is 16.7 Å². The van der Waals surface area contributed by atoms with E-state index >= 15 is 0 Å². The third-order valence-electron chi connectivity index (χ3n) is 5.46. The average molecular weight is 589 g/mol. The number of carbonyl (C=O) groups is 1. The predicted octanol–water partition coefficient (Wildman–Crippen LogP) is 5.19. The molecule has 1 atom stereocenters. The van der Waals surface area contributed by atoms with Gasteiger partial charge in [-0.15, -0.1) is 0 Å². The van der Waals surface area contributed by atoms with E-state index in [-0.39, 0.29) is 41.3 Å². The third-order valence-corrected chi connectivity index (χ3v) is 5.96. The lowest BCUT2D eigenvalue weighted by molar-refractivity contribution is -0.385. The van der Waals surface area contributed by atoms with Crippen LogP contribution in [0.5, 0.6) is 11.5 Å². The van der Waals surface area contributed by atoms with Crippen LogP contribution in [0.3, 0.4) is 0 Å². The highest BCUT2D eigenvalue weighted by atomic mass is 79.9. The number of hydrogen-bond donors (Lipinski definition) is 0. The molecule has 0 fully saturated rings. The van der Waals surface area contributed by atoms with E-state index in [4.69, 9.17) is 14.2 Å². The van der Waals surface area contributed by atoms with Crippen molar-refractivity contribution >= 4 is 44.7 Å². The summed E-state index contributed by atoms with van der Waals surface area (Å²) in [4.78, 5) is 41.2. The molecule has 0 radical (unpaired) electrons. The van der Waals surface area contributed by atoms with Crippen LogP contribution in [-0.4, -0.2) is 46.1 Å². The zero-order valence-corrected chi connectivity index (χ0v) is 23.4. The molecule has 2 aromatic carbocycles. The molecule has 12 heteroatoms. The molecule has 3 aromatic rings. The molecule has 11 nitrogen and oxygen atoms in total. The van der Waals surface area contributed by atoms with Crippen molar-refractivity contribution < 1.29 is 23.9 Å². The fraction of sp³-hybridized carbons (Fsp3) is 0.385. The van der Waals surface area contributed by atoms with Gasteiger partial charge in [-0.2, -0.15) is 9.78 Å². The highest BCUT2D eigenvalue weighted by Gasteiger charge is 2.24. The van der Waals surface area contributed by atoms with E-state index in [1.807, 2.05) is 19.9 Å². The van der Waals surface area contributed by atoms with Crippen molar-refractivity contribution in [2.75, 3.05) is 13.2 Å². The standard InChI is InChI=1S/C26H29BrN4O7/c1-6-16(5)25-29-20-9-8-18(27)12-19(20)26(33)30(25)28-13-17-10-21(31(34)35)24(22(11-17)36-7-2)37-14-23(32)38-15(3)4/h8-13,15-16H,6-7,14H2,1-5H3/t16-/m0/s1. The summed E-state index contributed by atoms with van der Waals surface area (Å²) in [5, 5.41) is 16.6. The first-order valence-corrected chi connectivity index (χ1v) is 12.9. The van der Waals surface area contributed by atoms with Crippen molar-refractivity contribution in [1.29, 1.82) is 0 Å². The molecular formula is C26H29BrN4O7. The van der Waals surface area contributed by atoms with Crippen LogP contribution < -0.4 is 15.0 Å². The number of benzene rings is 2. The van der Waals surface area contributed by atoms with Crippen molar-refractivity contribution in [3.8, 4) is 11.5 Å². The largest absolute Gasteiger partial charge is 0.490 e. The molecule has 0 saturated carbocycles. The van der Waals surface area contributed by atoms with Crippen molar-refractivity contribution in [2.24, 2.45) is 5.10 Å². The molecule has 0 unspecified atom stereocenters. The Morgan fingerprint density at radius 3 is 2.58 bits per heavy atom. The third kappa shape index (κ3) is 6.74. The molecule has 0 saturated heterocycles. The lowest BCUT2D eigenvalue weighted by Crippen LogP contribution is -2.23. The maximum atomic E-state index is 13.4. The first kappa shape index (κ1) is 28.8. The molecule has 3 rings (SSSR count). The SMILES string of the molecule is CCOc1cc(C=Nn2c([C@@H](C)CC)nc3ccc(Br)cc3c2=O)cc([N+](=O)[O-])c1OCC(=O)OC(C)C. The number of nitro groups is 1. The van der Waals surface area contributed by atoms with Crippen LogP contribution in [0.2, 0.25) is 0 Å². The number of ether oxygens (including phenoxy) is 3. The van der Waals surface area contributed by atoms with E-state index in [1.165, 1.54) is 23.0 Å². The van der Waals surface area contributed by atoms with Gasteiger partial charge in [-0.3, -0.25) is 14.9 Å². The summed E-state index contributed by atoms with van der Waals surface area (Å²) in [6.45, 7) is 8.64. The maximum Gasteiger partial charge on any atom is 0.344 e. The van der Waals surface area contributed by atoms with Gasteiger partial charge in [0.05, 0.1) is 34.8 Å². The van der Waals surface area contributed by atoms with Crippen molar-refractivity contribution in [2.45, 2.75) is 53.1 Å². The van der Waals surface area contributed by atoms with E-state index in [2.05, 4.69) is 26.0 Å². The minimum Gasteiger partial charge on any atom is -0.490 e. The summed E-state index contributed by atoms with van der Waals surface area (Å²) >= 11 is 3.38. The molecule has 0 aliphatic heterocycles. The second kappa shape index (κ2) is 12.6. The van der Waals surface area contributed by atoms with Gasteiger partial charge in [0, 0.05) is 22.0 Å². The molecule has 1 heterocycles. The Labute approximate surface area is 227 Å². The normalized spacial score (nSPS) is 12.2. The quantitative estimate of drug-likeness (QED) is 0.129. The van der Waals surface area contributed by atoms with Gasteiger partial charge >= 0.3 is 11.7 Å². The van der Waals surface area contributed by atoms with Gasteiger partial charge in [0.1, 0.15) is 5.82 Å². The molecule has 0 aliphatic carbocycles. The summed E-state index contributed by atoms with van der Waals surface area (Å²) in [5.74, 6) is -0.441. The van der Waals surface area contributed by atoms with Gasteiger partial charge < -0.3 is 14.2 Å². The van der Waals surface area contributed by atoms with E-state index in [0.717, 1.165) is 10.9 Å². The van der Waals surface area contributed by atoms with Gasteiger partial charge in [0.25, 0.3) is 5.56 Å². The van der Waals surface area contributed by atoms with Crippen molar-refractivity contribution in [3.05, 3.63) is 66.7 Å². The topological polar surface area (TPSA) is 135 Å². The number of rotatable bonds is 11. The Morgan fingerprint density at radius 2 is 1.95 bits per heavy atom. The van der Waals surface area contributed by atoms with E-state index in [9.17, 15) is 19.7 Å². The molecule has 1 aromatic heterocycles. The van der Waals surface area contributed by atoms with Gasteiger partial charge in [-0.05, 0) is 51.5 Å². The minimum absolute atomic E-state index is 0.0514. The van der Waals surface area contributed by atoms with Crippen LogP contribution in [0.25, 0.3) is 10.9 Å². The van der Waals surface area contributed by atoms with Crippen LogP contribution >= 0.6 is 15.9 Å². The van der Waals surface area contributed by atoms with Crippen LogP contribution in [0.4, 0.5) is 5.69 Å². The Balaban J connectivity index is 2.10. The van der Waals surface area contributed by atoms with Gasteiger partial charge in [-0.25, -0.2) is 9.78 Å². The monoisotopic (exact) mass is 588 g/mol. The molecule has 202 valence electrons. The summed E-state index contributed by atoms with van der Waals surface area (Å²) < 4.78 is 18.0. The fourth-order valence-electron chi connectivity index (χ4n) is 3.56. The number of nitro benzene ring substituents is 1. The number of fused-ring (bicyclic) bond motifs is 1. The van der Waals surface area contributed by atoms with Gasteiger partial charge in [0.15, 0.2) is 12.4 Å². The fourth-order valence-corrected chi connectivity index (χ4v) is 3.92. The summed E-state index contributed by atoms with van der Waals surface area (Å²) in [6, 6.07) is 7.96. The Morgan fingerprint density at radius 1 is 1.21 bits per heavy atom. The molecule has 0 bridgehead atoms. The Bertz CT molecular complexity index is 1440. The second-order valence-electron chi connectivity index (χ2n) is 8.69. The first-order valence-electron chi connectivity index (χ1n) is 12.1. The average Bonchev–Trinajstić information content (AvgIpc) is 2.86. The highest BCUT2D eigenvalue weighted by Crippen LogP contribution is 2.38. The van der Waals surface area contributed by atoms with Crippen LogP contribution in [0.15, 0.2) is 44.7 Å². The van der Waals surface area contributed by atoms with Gasteiger partial charge in [-0.1, -0.05) is 29.8 Å². The summed E-state index contributed by atoms with van der Waals surface area (Å²) in [6.07, 6.45) is 1.68. The van der Waals surface area contributed by atoms with Gasteiger partial charge in [0.2, 0.25) is 5.75 Å². The summed E-state index contributed by atoms with van der Waals surface area (Å²) in [5.41, 5.74) is 0.0381. The molecule has 38 heavy (non-hydrogen) atoms. The maximum absolute atomic E-state index is 13.4. The van der Waals surface area contributed by atoms with Crippen LogP contribution in [0.1, 0.15) is 58.3 Å². The summed E-state index contributed by atoms with van der Waals surface area (Å²) in [7, 11) is 0. The van der Waals surface area contributed by atoms with Crippen LogP contribution in [0, 0.1) is 10.1 Å².